The molecular formula is C55H59F2GeIrN3O-2. The van der Waals surface area contributed by atoms with Gasteiger partial charge in [0.2, 0.25) is 0 Å². The molecule has 8 heteroatoms. The molecule has 0 aliphatic carbocycles. The number of hydrogen-bond donors (Lipinski definition) is 0. The van der Waals surface area contributed by atoms with Crippen molar-refractivity contribution < 1.29 is 33.3 Å². The molecule has 0 aliphatic heterocycles. The Labute approximate surface area is 389 Å². The van der Waals surface area contributed by atoms with E-state index in [4.69, 9.17) is 14.4 Å². The van der Waals surface area contributed by atoms with Crippen molar-refractivity contribution in [3.05, 3.63) is 156 Å². The molecule has 0 N–H and O–H groups in total. The number of fused-ring (bicyclic) bond motifs is 2. The summed E-state index contributed by atoms with van der Waals surface area (Å²) in [4.78, 5) is 9.77. The Morgan fingerprint density at radius 2 is 1.40 bits per heavy atom. The molecule has 63 heavy (non-hydrogen) atoms. The van der Waals surface area contributed by atoms with Crippen molar-refractivity contribution in [2.75, 3.05) is 0 Å². The largest absolute Gasteiger partial charge is 0.557 e. The first kappa shape index (κ1) is 47.8. The van der Waals surface area contributed by atoms with Gasteiger partial charge in [0.15, 0.2) is 0 Å². The maximum absolute atomic E-state index is 15.2. The Morgan fingerprint density at radius 3 is 2.00 bits per heavy atom. The van der Waals surface area contributed by atoms with Gasteiger partial charge in [-0.1, -0.05) is 113 Å². The van der Waals surface area contributed by atoms with Crippen molar-refractivity contribution in [2.45, 2.75) is 96.8 Å². The van der Waals surface area contributed by atoms with Crippen LogP contribution in [-0.2, 0) is 32.4 Å². The van der Waals surface area contributed by atoms with Gasteiger partial charge >= 0.3 is 126 Å². The number of halogens is 2. The molecule has 0 fully saturated rings. The quantitative estimate of drug-likeness (QED) is 0.0958. The molecule has 8 aromatic rings. The van der Waals surface area contributed by atoms with Crippen molar-refractivity contribution in [3.8, 4) is 39.5 Å². The number of imidazole rings is 1. The molecule has 0 saturated carbocycles. The molecular weight excluding hydrogens is 1020 g/mol. The van der Waals surface area contributed by atoms with E-state index in [1.165, 1.54) is 42.2 Å². The van der Waals surface area contributed by atoms with Gasteiger partial charge in [-0.05, 0) is 58.4 Å². The molecule has 0 unspecified atom stereocenters. The Bertz CT molecular complexity index is 2770. The maximum atomic E-state index is 15.2. The van der Waals surface area contributed by atoms with E-state index in [1.54, 1.807) is 16.5 Å². The summed E-state index contributed by atoms with van der Waals surface area (Å²) >= 11 is -1.86. The van der Waals surface area contributed by atoms with Gasteiger partial charge in [-0.2, -0.15) is 0 Å². The van der Waals surface area contributed by atoms with Crippen LogP contribution in [0.25, 0.3) is 61.5 Å². The number of hydrogen-bond acceptors (Lipinski definition) is 3. The summed E-state index contributed by atoms with van der Waals surface area (Å²) in [6.45, 7) is 16.5. The van der Waals surface area contributed by atoms with E-state index in [2.05, 4.69) is 137 Å². The summed E-state index contributed by atoms with van der Waals surface area (Å²) < 4.78 is 39.9. The smallest absolute Gasteiger partial charge is 0.274 e. The second-order valence-electron chi connectivity index (χ2n) is 18.9. The van der Waals surface area contributed by atoms with E-state index in [9.17, 15) is 0 Å². The second kappa shape index (κ2) is 19.6. The number of aromatic nitrogens is 3. The topological polar surface area (TPSA) is 43.9 Å². The summed E-state index contributed by atoms with van der Waals surface area (Å²) in [5, 5.41) is 0.572. The fourth-order valence-electron chi connectivity index (χ4n) is 8.20. The van der Waals surface area contributed by atoms with Gasteiger partial charge in [-0.25, -0.2) is 8.78 Å². The Kier molecular flexibility index (Phi) is 14.9. The molecule has 5 aromatic carbocycles. The molecule has 0 amide bonds. The Hall–Kier alpha value is -4.69. The van der Waals surface area contributed by atoms with Crippen LogP contribution in [0.4, 0.5) is 8.78 Å². The maximum Gasteiger partial charge on any atom is 0.274 e. The monoisotopic (exact) mass is 1080 g/mol. The summed E-state index contributed by atoms with van der Waals surface area (Å²) in [7, 11) is 0. The predicted molar refractivity (Wildman–Crippen MR) is 257 cm³/mol. The fourth-order valence-corrected chi connectivity index (χ4v) is 11.5. The molecule has 1 radical (unpaired) electrons. The number of nitrogens with zero attached hydrogens (tertiary/aromatic N) is 3. The molecule has 0 saturated heterocycles. The van der Waals surface area contributed by atoms with Crippen LogP contribution in [0.3, 0.4) is 0 Å². The molecule has 8 rings (SSSR count). The molecule has 0 atom stereocenters. The minimum absolute atomic E-state index is 0. The zero-order valence-corrected chi connectivity index (χ0v) is 42.9. The van der Waals surface area contributed by atoms with Crippen LogP contribution in [-0.4, -0.2) is 27.8 Å². The van der Waals surface area contributed by atoms with Crippen LogP contribution in [0, 0.1) is 24.2 Å². The van der Waals surface area contributed by atoms with Crippen molar-refractivity contribution in [3.63, 3.8) is 0 Å². The van der Waals surface area contributed by atoms with E-state index >= 15 is 8.78 Å². The summed E-state index contributed by atoms with van der Waals surface area (Å²) in [6, 6.07) is 41.2. The number of rotatable bonds is 11. The minimum atomic E-state index is -2.98. The van der Waals surface area contributed by atoms with Crippen molar-refractivity contribution in [1.29, 1.82) is 0 Å². The van der Waals surface area contributed by atoms with Crippen molar-refractivity contribution >= 4 is 39.7 Å². The van der Waals surface area contributed by atoms with Gasteiger partial charge in [0, 0.05) is 49.1 Å². The predicted octanol–water partition coefficient (Wildman–Crippen LogP) is 15.2. The van der Waals surface area contributed by atoms with Crippen LogP contribution in [0.1, 0.15) is 89.5 Å². The molecule has 3 aromatic heterocycles. The minimum Gasteiger partial charge on any atom is -0.557 e. The molecule has 3 heterocycles. The zero-order valence-electron chi connectivity index (χ0n) is 38.4. The third kappa shape index (κ3) is 10.2. The number of alkyl halides is 2. The number of furan rings is 1. The summed E-state index contributed by atoms with van der Waals surface area (Å²) in [5.41, 5.74) is 12.2. The van der Waals surface area contributed by atoms with E-state index in [0.717, 1.165) is 40.0 Å². The number of pyridine rings is 1. The van der Waals surface area contributed by atoms with Crippen molar-refractivity contribution in [2.24, 2.45) is 11.8 Å². The SMILES string of the molecule is CC(C)Cc1cc(-c2[c-]cccc2)nc[c]1[Ge]([CH3])([CH3])[CH3].CC(C)c1cc(-c2ccccc2)cc(C(C)C)c1-n1c(-c2[c-]oc3ccc(C(F)(F)C(C)C)cc23)nc2ccccc21.[Ir]. The fraction of sp³-hybridized carbons (Fsp3) is 0.309. The van der Waals surface area contributed by atoms with Crippen LogP contribution < -0.4 is 4.40 Å². The first-order valence-corrected chi connectivity index (χ1v) is 29.3. The number of benzene rings is 5. The van der Waals surface area contributed by atoms with Gasteiger partial charge in [-0.3, -0.25) is 4.98 Å². The van der Waals surface area contributed by atoms with Crippen LogP contribution >= 0.6 is 0 Å². The first-order valence-electron chi connectivity index (χ1n) is 22.0. The third-order valence-corrected chi connectivity index (χ3v) is 15.9. The van der Waals surface area contributed by atoms with E-state index in [1.807, 2.05) is 42.5 Å². The van der Waals surface area contributed by atoms with Crippen molar-refractivity contribution in [1.82, 2.24) is 14.5 Å². The van der Waals surface area contributed by atoms with E-state index in [-0.39, 0.29) is 37.5 Å². The van der Waals surface area contributed by atoms with E-state index in [0.29, 0.717) is 28.3 Å². The standard InChI is InChI=1S/C37H35F2N2O.C18H24GeN.Ir/c1-22(2)28-18-26(25-12-8-7-9-13-25)19-29(23(3)4)35(28)41-33-15-11-10-14-32(33)40-36(41)31-21-42-34-17-16-27(20-30(31)34)37(38,39)24(5)6;1-14(2)11-16-12-18(15-9-7-6-8-10-15)20-13-17(16)19(3,4)5;/h7-20,22-24H,1-6H3;6-9,12-14H,11H2,1-5H3;/q2*-1;. The second-order valence-corrected chi connectivity index (χ2v) is 29.4. The van der Waals surface area contributed by atoms with Crippen LogP contribution in [0.2, 0.25) is 17.3 Å². The molecule has 0 aliphatic rings. The van der Waals surface area contributed by atoms with Gasteiger partial charge in [-0.15, -0.1) is 0 Å². The Morgan fingerprint density at radius 1 is 0.746 bits per heavy atom. The summed E-state index contributed by atoms with van der Waals surface area (Å²) in [6.07, 6.45) is 6.31. The van der Waals surface area contributed by atoms with Crippen LogP contribution in [0.5, 0.6) is 0 Å². The first-order chi connectivity index (χ1) is 29.4. The van der Waals surface area contributed by atoms with Gasteiger partial charge in [0.05, 0.1) is 16.9 Å². The van der Waals surface area contributed by atoms with Gasteiger partial charge in [0.1, 0.15) is 0 Å². The number of para-hydroxylation sites is 2. The molecule has 0 bridgehead atoms. The van der Waals surface area contributed by atoms with Gasteiger partial charge < -0.3 is 8.98 Å². The molecule has 329 valence electrons. The average Bonchev–Trinajstić information content (AvgIpc) is 3.84. The van der Waals surface area contributed by atoms with E-state index < -0.39 is 25.1 Å². The van der Waals surface area contributed by atoms with Gasteiger partial charge in [0.25, 0.3) is 5.92 Å². The third-order valence-electron chi connectivity index (χ3n) is 11.6. The Balaban J connectivity index is 0.000000265. The summed E-state index contributed by atoms with van der Waals surface area (Å²) in [5.74, 6) is 5.20. The molecule has 4 nitrogen and oxygen atoms in total. The average molecular weight is 1080 g/mol. The normalized spacial score (nSPS) is 12.1. The zero-order chi connectivity index (χ0) is 44.5. The van der Waals surface area contributed by atoms with Crippen LogP contribution in [0.15, 0.2) is 126 Å². The molecule has 0 spiro atoms.